The molecule has 1 aromatic rings. The van der Waals surface area contributed by atoms with Gasteiger partial charge < -0.3 is 9.64 Å². The zero-order chi connectivity index (χ0) is 15.2. The van der Waals surface area contributed by atoms with Crippen molar-refractivity contribution in [1.29, 1.82) is 0 Å². The SMILES string of the molecule is CN(C)CCC1C=CC2=C(C1)c1ccccc1C1(C=C2)CO1. The zero-order valence-corrected chi connectivity index (χ0v) is 13.4. The van der Waals surface area contributed by atoms with Crippen LogP contribution in [0.4, 0.5) is 0 Å². The van der Waals surface area contributed by atoms with E-state index in [1.165, 1.54) is 28.7 Å². The molecule has 3 aliphatic rings. The van der Waals surface area contributed by atoms with Crippen molar-refractivity contribution in [2.75, 3.05) is 27.2 Å². The molecule has 22 heavy (non-hydrogen) atoms. The fourth-order valence-electron chi connectivity index (χ4n) is 3.59. The summed E-state index contributed by atoms with van der Waals surface area (Å²) in [6, 6.07) is 8.78. The van der Waals surface area contributed by atoms with Gasteiger partial charge in [0, 0.05) is 0 Å². The van der Waals surface area contributed by atoms with E-state index in [1.54, 1.807) is 0 Å². The molecule has 1 heterocycles. The van der Waals surface area contributed by atoms with Crippen LogP contribution in [-0.2, 0) is 10.3 Å². The first-order valence-electron chi connectivity index (χ1n) is 8.17. The molecule has 2 unspecified atom stereocenters. The smallest absolute Gasteiger partial charge is 0.136 e. The number of hydrogen-bond donors (Lipinski definition) is 0. The van der Waals surface area contributed by atoms with Crippen LogP contribution in [0.5, 0.6) is 0 Å². The highest BCUT2D eigenvalue weighted by Crippen LogP contribution is 2.48. The van der Waals surface area contributed by atoms with Gasteiger partial charge in [0.2, 0.25) is 0 Å². The average molecular weight is 293 g/mol. The van der Waals surface area contributed by atoms with Crippen LogP contribution >= 0.6 is 0 Å². The Bertz CT molecular complexity index is 677. The second kappa shape index (κ2) is 5.22. The van der Waals surface area contributed by atoms with E-state index < -0.39 is 0 Å². The molecule has 0 aromatic heterocycles. The van der Waals surface area contributed by atoms with Crippen molar-refractivity contribution >= 4 is 5.57 Å². The molecule has 1 aliphatic heterocycles. The van der Waals surface area contributed by atoms with E-state index in [0.717, 1.165) is 19.6 Å². The number of rotatable bonds is 3. The number of ether oxygens (including phenoxy) is 1. The third kappa shape index (κ3) is 2.37. The summed E-state index contributed by atoms with van der Waals surface area (Å²) in [7, 11) is 4.30. The Hall–Kier alpha value is -1.64. The third-order valence-electron chi connectivity index (χ3n) is 5.01. The van der Waals surface area contributed by atoms with Gasteiger partial charge >= 0.3 is 0 Å². The monoisotopic (exact) mass is 293 g/mol. The standard InChI is InChI=1S/C20H23NO/c1-21(2)12-10-15-7-8-16-9-11-20(14-22-20)19-6-4-3-5-17(19)18(16)13-15/h3-9,11,15H,10,12-14H2,1-2H3. The van der Waals surface area contributed by atoms with E-state index in [2.05, 4.69) is 67.6 Å². The maximum atomic E-state index is 5.81. The van der Waals surface area contributed by atoms with Crippen molar-refractivity contribution < 1.29 is 4.74 Å². The summed E-state index contributed by atoms with van der Waals surface area (Å²) in [5.41, 5.74) is 5.43. The molecule has 0 amide bonds. The summed E-state index contributed by atoms with van der Waals surface area (Å²) in [5, 5.41) is 0. The third-order valence-corrected chi connectivity index (χ3v) is 5.01. The molecule has 2 nitrogen and oxygen atoms in total. The minimum absolute atomic E-state index is 0.152. The molecule has 0 saturated carbocycles. The Kier molecular flexibility index (Phi) is 3.32. The summed E-state index contributed by atoms with van der Waals surface area (Å²) in [5.74, 6) is 0.636. The molecule has 2 heteroatoms. The van der Waals surface area contributed by atoms with Crippen LogP contribution in [0.3, 0.4) is 0 Å². The van der Waals surface area contributed by atoms with Crippen molar-refractivity contribution in [1.82, 2.24) is 4.90 Å². The molecule has 2 atom stereocenters. The van der Waals surface area contributed by atoms with Crippen LogP contribution in [-0.4, -0.2) is 32.1 Å². The van der Waals surface area contributed by atoms with Crippen LogP contribution in [0.15, 0.2) is 54.1 Å². The molecule has 114 valence electrons. The molecule has 0 bridgehead atoms. The average Bonchev–Trinajstić information content (AvgIpc) is 3.33. The van der Waals surface area contributed by atoms with Gasteiger partial charge in [-0.05, 0) is 67.7 Å². The molecule has 0 radical (unpaired) electrons. The van der Waals surface area contributed by atoms with Crippen molar-refractivity contribution in [2.45, 2.75) is 18.4 Å². The Labute approximate surface area is 132 Å². The van der Waals surface area contributed by atoms with Crippen molar-refractivity contribution in [3.8, 4) is 0 Å². The van der Waals surface area contributed by atoms with Gasteiger partial charge in [-0.1, -0.05) is 42.5 Å². The minimum Gasteiger partial charge on any atom is -0.360 e. The van der Waals surface area contributed by atoms with Gasteiger partial charge in [-0.15, -0.1) is 0 Å². The first-order valence-corrected chi connectivity index (χ1v) is 8.17. The van der Waals surface area contributed by atoms with E-state index in [4.69, 9.17) is 4.74 Å². The molecule has 1 spiro atoms. The van der Waals surface area contributed by atoms with E-state index in [9.17, 15) is 0 Å². The second-order valence-electron chi connectivity index (χ2n) is 6.91. The Morgan fingerprint density at radius 3 is 2.82 bits per heavy atom. The summed E-state index contributed by atoms with van der Waals surface area (Å²) >= 11 is 0. The Morgan fingerprint density at radius 2 is 2.05 bits per heavy atom. The summed E-state index contributed by atoms with van der Waals surface area (Å²) < 4.78 is 5.81. The molecule has 0 N–H and O–H groups in total. The number of fused-ring (bicyclic) bond motifs is 3. The highest BCUT2D eigenvalue weighted by atomic mass is 16.6. The second-order valence-corrected chi connectivity index (χ2v) is 6.91. The number of epoxide rings is 1. The van der Waals surface area contributed by atoms with Gasteiger partial charge in [0.15, 0.2) is 0 Å². The van der Waals surface area contributed by atoms with Crippen molar-refractivity contribution in [2.24, 2.45) is 5.92 Å². The van der Waals surface area contributed by atoms with Crippen LogP contribution in [0, 0.1) is 5.92 Å². The van der Waals surface area contributed by atoms with Crippen LogP contribution < -0.4 is 0 Å². The lowest BCUT2D eigenvalue weighted by Gasteiger charge is -2.24. The highest BCUT2D eigenvalue weighted by Gasteiger charge is 2.46. The lowest BCUT2D eigenvalue weighted by atomic mass is 9.82. The Balaban J connectivity index is 1.68. The summed E-state index contributed by atoms with van der Waals surface area (Å²) in [6.45, 7) is 1.96. The Morgan fingerprint density at radius 1 is 1.23 bits per heavy atom. The molecular weight excluding hydrogens is 270 g/mol. The molecule has 4 rings (SSSR count). The van der Waals surface area contributed by atoms with Gasteiger partial charge in [0.1, 0.15) is 5.60 Å². The molecule has 1 aromatic carbocycles. The zero-order valence-electron chi connectivity index (χ0n) is 13.4. The van der Waals surface area contributed by atoms with E-state index >= 15 is 0 Å². The number of benzene rings is 1. The predicted octanol–water partition coefficient (Wildman–Crippen LogP) is 3.76. The van der Waals surface area contributed by atoms with E-state index in [1.807, 2.05) is 0 Å². The van der Waals surface area contributed by atoms with Crippen LogP contribution in [0.2, 0.25) is 0 Å². The maximum absolute atomic E-state index is 5.81. The lowest BCUT2D eigenvalue weighted by Crippen LogP contribution is -2.17. The van der Waals surface area contributed by atoms with E-state index in [-0.39, 0.29) is 5.60 Å². The lowest BCUT2D eigenvalue weighted by molar-refractivity contribution is 0.357. The predicted molar refractivity (Wildman–Crippen MR) is 90.6 cm³/mol. The van der Waals surface area contributed by atoms with Crippen molar-refractivity contribution in [3.05, 3.63) is 65.3 Å². The quantitative estimate of drug-likeness (QED) is 0.789. The van der Waals surface area contributed by atoms with Gasteiger partial charge in [-0.3, -0.25) is 0 Å². The van der Waals surface area contributed by atoms with Gasteiger partial charge in [-0.25, -0.2) is 0 Å². The fraction of sp³-hybridized carbons (Fsp3) is 0.400. The topological polar surface area (TPSA) is 15.8 Å². The first-order chi connectivity index (χ1) is 10.7. The minimum atomic E-state index is -0.152. The number of hydrogen-bond acceptors (Lipinski definition) is 2. The van der Waals surface area contributed by atoms with Gasteiger partial charge in [0.25, 0.3) is 0 Å². The highest BCUT2D eigenvalue weighted by molar-refractivity contribution is 5.79. The van der Waals surface area contributed by atoms with Gasteiger partial charge in [0.05, 0.1) is 6.61 Å². The summed E-state index contributed by atoms with van der Waals surface area (Å²) in [4.78, 5) is 2.27. The van der Waals surface area contributed by atoms with Crippen LogP contribution in [0.1, 0.15) is 24.0 Å². The van der Waals surface area contributed by atoms with Crippen LogP contribution in [0.25, 0.3) is 5.57 Å². The molecule has 2 aliphatic carbocycles. The molecule has 1 fully saturated rings. The maximum Gasteiger partial charge on any atom is 0.136 e. The van der Waals surface area contributed by atoms with Crippen molar-refractivity contribution in [3.63, 3.8) is 0 Å². The normalized spacial score (nSPS) is 28.8. The largest absolute Gasteiger partial charge is 0.360 e. The number of nitrogens with zero attached hydrogens (tertiary/aromatic N) is 1. The summed E-state index contributed by atoms with van der Waals surface area (Å²) in [6.07, 6.45) is 11.6. The number of allylic oxidation sites excluding steroid dienone is 5. The molecule has 1 saturated heterocycles. The fourth-order valence-corrected chi connectivity index (χ4v) is 3.59. The van der Waals surface area contributed by atoms with Gasteiger partial charge in [-0.2, -0.15) is 0 Å². The first kappa shape index (κ1) is 14.0. The van der Waals surface area contributed by atoms with E-state index in [0.29, 0.717) is 5.92 Å². The molecular formula is C20H23NO.